The van der Waals surface area contributed by atoms with Crippen LogP contribution in [0.4, 0.5) is 16.2 Å². The Morgan fingerprint density at radius 3 is 2.34 bits per heavy atom. The Hall–Kier alpha value is -2.08. The molecule has 2 heterocycles. The first-order valence-electron chi connectivity index (χ1n) is 11.7. The molecule has 1 atom stereocenters. The molecule has 10 nitrogen and oxygen atoms in total. The number of carbonyl (C=O) groups is 2. The number of piperidine rings is 1. The maximum atomic E-state index is 13.5. The number of fused-ring (bicyclic) bond motifs is 2. The van der Waals surface area contributed by atoms with Gasteiger partial charge in [-0.2, -0.15) is 13.5 Å². The third-order valence-electron chi connectivity index (χ3n) is 7.10. The number of urea groups is 1. The third-order valence-corrected chi connectivity index (χ3v) is 8.57. The van der Waals surface area contributed by atoms with Crippen LogP contribution in [0.2, 0.25) is 0 Å². The summed E-state index contributed by atoms with van der Waals surface area (Å²) in [5.41, 5.74) is 5.84. The summed E-state index contributed by atoms with van der Waals surface area (Å²) in [6, 6.07) is 0.858. The van der Waals surface area contributed by atoms with Crippen molar-refractivity contribution in [1.82, 2.24) is 19.4 Å². The zero-order valence-corrected chi connectivity index (χ0v) is 23.3. The second-order valence-corrected chi connectivity index (χ2v) is 11.0. The van der Waals surface area contributed by atoms with Gasteiger partial charge in [0, 0.05) is 68.5 Å². The molecule has 35 heavy (non-hydrogen) atoms. The second-order valence-electron chi connectivity index (χ2n) is 9.43. The molecule has 3 aliphatic rings. The molecule has 1 radical (unpaired) electrons. The van der Waals surface area contributed by atoms with Gasteiger partial charge >= 0.3 is 16.2 Å². The predicted molar refractivity (Wildman–Crippen MR) is 134 cm³/mol. The summed E-state index contributed by atoms with van der Waals surface area (Å²) in [4.78, 5) is 27.0. The van der Waals surface area contributed by atoms with Crippen LogP contribution in [0.3, 0.4) is 0 Å². The molecule has 2 N–H and O–H groups in total. The van der Waals surface area contributed by atoms with Crippen LogP contribution in [0.5, 0.6) is 0 Å². The summed E-state index contributed by atoms with van der Waals surface area (Å²) in [6.45, 7) is 0.435. The minimum absolute atomic E-state index is 0. The summed E-state index contributed by atoms with van der Waals surface area (Å²) in [5, 5.41) is 6.97. The number of benzene rings is 1. The molecule has 1 unspecified atom stereocenters. The van der Waals surface area contributed by atoms with Gasteiger partial charge in [-0.15, -0.1) is 0 Å². The number of hydrogen-bond donors (Lipinski definition) is 2. The number of likely N-dealkylation sites (tertiary alicyclic amines) is 1. The minimum atomic E-state index is -4.30. The van der Waals surface area contributed by atoms with Gasteiger partial charge in [0.2, 0.25) is 5.91 Å². The number of aromatic nitrogens is 2. The molecule has 3 amide bonds. The topological polar surface area (TPSA) is 117 Å². The van der Waals surface area contributed by atoms with Crippen molar-refractivity contribution < 1.29 is 18.0 Å². The number of nitrogens with one attached hydrogen (secondary N) is 2. The summed E-state index contributed by atoms with van der Waals surface area (Å²) >= 11 is 0. The Labute approximate surface area is 227 Å². The van der Waals surface area contributed by atoms with E-state index in [4.69, 9.17) is 0 Å². The van der Waals surface area contributed by atoms with Gasteiger partial charge in [-0.25, -0.2) is 13.8 Å². The molecule has 1 aliphatic heterocycles. The first-order chi connectivity index (χ1) is 16.2. The van der Waals surface area contributed by atoms with E-state index in [9.17, 15) is 18.0 Å². The van der Waals surface area contributed by atoms with Gasteiger partial charge in [-0.1, -0.05) is 6.07 Å². The molecule has 1 aromatic heterocycles. The number of hydrogen-bond acceptors (Lipinski definition) is 5. The first kappa shape index (κ1) is 26.0. The van der Waals surface area contributed by atoms with E-state index in [1.807, 2.05) is 0 Å². The van der Waals surface area contributed by atoms with E-state index in [0.717, 1.165) is 59.6 Å². The molecule has 1 aromatic carbocycles. The maximum absolute atomic E-state index is 13.5. The van der Waals surface area contributed by atoms with Gasteiger partial charge in [0.15, 0.2) is 0 Å². The van der Waals surface area contributed by atoms with Gasteiger partial charge < -0.3 is 10.2 Å². The van der Waals surface area contributed by atoms with Crippen LogP contribution in [0.15, 0.2) is 18.5 Å². The number of carbonyl (C=O) groups excluding carboxylic acids is 2. The zero-order valence-electron chi connectivity index (χ0n) is 20.5. The third kappa shape index (κ3) is 5.09. The molecule has 1 fully saturated rings. The van der Waals surface area contributed by atoms with Crippen LogP contribution in [0.1, 0.15) is 47.9 Å². The van der Waals surface area contributed by atoms with Crippen molar-refractivity contribution in [3.63, 3.8) is 0 Å². The predicted octanol–water partition coefficient (Wildman–Crippen LogP) is 1.51. The van der Waals surface area contributed by atoms with E-state index in [2.05, 4.69) is 21.2 Å². The van der Waals surface area contributed by atoms with E-state index in [0.29, 0.717) is 18.7 Å². The zero-order chi connectivity index (χ0) is 24.0. The van der Waals surface area contributed by atoms with E-state index in [-0.39, 0.29) is 41.9 Å². The van der Waals surface area contributed by atoms with E-state index >= 15 is 0 Å². The number of nitrogens with zero attached hydrogens (tertiary/aromatic N) is 4. The second kappa shape index (κ2) is 10.1. The van der Waals surface area contributed by atoms with Crippen LogP contribution in [-0.2, 0) is 47.7 Å². The molecule has 0 spiro atoms. The molecule has 5 rings (SSSR count). The van der Waals surface area contributed by atoms with Crippen LogP contribution in [0, 0.1) is 0 Å². The Morgan fingerprint density at radius 1 is 1.11 bits per heavy atom. The van der Waals surface area contributed by atoms with Crippen molar-refractivity contribution in [3.05, 3.63) is 40.7 Å². The van der Waals surface area contributed by atoms with Gasteiger partial charge in [0.05, 0.1) is 17.9 Å². The van der Waals surface area contributed by atoms with Gasteiger partial charge in [0.1, 0.15) is 0 Å². The van der Waals surface area contributed by atoms with Crippen LogP contribution >= 0.6 is 0 Å². The largest absolute Gasteiger partial charge is 0.346 e. The van der Waals surface area contributed by atoms with E-state index < -0.39 is 22.3 Å². The average Bonchev–Trinajstić information content (AvgIpc) is 3.51. The van der Waals surface area contributed by atoms with Crippen molar-refractivity contribution in [2.24, 2.45) is 7.05 Å². The summed E-state index contributed by atoms with van der Waals surface area (Å²) in [6.07, 6.45) is 9.28. The van der Waals surface area contributed by atoms with Crippen molar-refractivity contribution in [3.8, 4) is 0 Å². The Kier molecular flexibility index (Phi) is 7.51. The van der Waals surface area contributed by atoms with Crippen molar-refractivity contribution in [2.75, 3.05) is 23.2 Å². The number of rotatable bonds is 5. The molecule has 12 heteroatoms. The quantitative estimate of drug-likeness (QED) is 0.593. The summed E-state index contributed by atoms with van der Waals surface area (Å²) in [5.74, 6) is -0.139. The van der Waals surface area contributed by atoms with Gasteiger partial charge in [-0.05, 0) is 67.2 Å². The molecule has 0 saturated carbocycles. The van der Waals surface area contributed by atoms with E-state index in [1.54, 1.807) is 25.2 Å². The fourth-order valence-electron chi connectivity index (χ4n) is 5.47. The summed E-state index contributed by atoms with van der Waals surface area (Å²) in [7, 11) is -0.919. The SMILES string of the molecule is CN1CCC(N(c2cnn(C)c2)S(=O)(=O)NC(=O)Nc2c3c(cc4c2CCC4)CCC3)CC1=O.[Na]. The van der Waals surface area contributed by atoms with Gasteiger partial charge in [-0.3, -0.25) is 9.48 Å². The Bertz CT molecular complexity index is 1230. The molecular formula is C23H30N6NaO4S. The number of amides is 3. The smallest absolute Gasteiger partial charge is 0.334 e. The molecule has 1 saturated heterocycles. The Morgan fingerprint density at radius 2 is 1.77 bits per heavy atom. The fourth-order valence-corrected chi connectivity index (χ4v) is 6.80. The van der Waals surface area contributed by atoms with Crippen molar-refractivity contribution in [2.45, 2.75) is 57.4 Å². The maximum Gasteiger partial charge on any atom is 0.334 e. The van der Waals surface area contributed by atoms with E-state index in [1.165, 1.54) is 22.0 Å². The van der Waals surface area contributed by atoms with Crippen molar-refractivity contribution in [1.29, 1.82) is 0 Å². The molecular weight excluding hydrogens is 479 g/mol. The standard InChI is InChI=1S/C23H30N6O4S.Na/c1-27-10-9-17(12-21(27)30)29(18-13-24-28(2)14-18)34(32,33)26-23(31)25-22-19-7-3-5-15(19)11-16-6-4-8-20(16)22;/h11,13-14,17H,3-10,12H2,1-2H3,(H2,25,26,31);. The monoisotopic (exact) mass is 509 g/mol. The fraction of sp³-hybridized carbons (Fsp3) is 0.522. The van der Waals surface area contributed by atoms with Crippen LogP contribution in [-0.4, -0.2) is 84.2 Å². The Balaban J connectivity index is 0.00000289. The van der Waals surface area contributed by atoms with Crippen LogP contribution < -0.4 is 14.3 Å². The molecule has 183 valence electrons. The molecule has 0 bridgehead atoms. The first-order valence-corrected chi connectivity index (χ1v) is 13.2. The average molecular weight is 510 g/mol. The number of aryl methyl sites for hydroxylation is 3. The molecule has 2 aliphatic carbocycles. The normalized spacial score (nSPS) is 19.1. The summed E-state index contributed by atoms with van der Waals surface area (Å²) < 4.78 is 31.8. The molecule has 2 aromatic rings. The van der Waals surface area contributed by atoms with Gasteiger partial charge in [0.25, 0.3) is 0 Å². The van der Waals surface area contributed by atoms with Crippen LogP contribution in [0.25, 0.3) is 0 Å². The minimum Gasteiger partial charge on any atom is -0.346 e. The number of anilines is 2. The van der Waals surface area contributed by atoms with Crippen molar-refractivity contribution >= 4 is 63.1 Å².